The van der Waals surface area contributed by atoms with E-state index in [1.165, 1.54) is 16.7 Å². The zero-order valence-electron chi connectivity index (χ0n) is 16.1. The maximum absolute atomic E-state index is 12.9. The van der Waals surface area contributed by atoms with Gasteiger partial charge in [-0.15, -0.1) is 0 Å². The van der Waals surface area contributed by atoms with E-state index in [2.05, 4.69) is 15.3 Å². The molecule has 4 rings (SSSR count). The van der Waals surface area contributed by atoms with E-state index in [1.807, 2.05) is 0 Å². The number of anilines is 2. The van der Waals surface area contributed by atoms with Crippen LogP contribution in [0.1, 0.15) is 0 Å². The lowest BCUT2D eigenvalue weighted by Gasteiger charge is -2.11. The molecule has 0 radical (unpaired) electrons. The van der Waals surface area contributed by atoms with E-state index in [-0.39, 0.29) is 16.4 Å². The number of hydrogen-bond acceptors (Lipinski definition) is 6. The van der Waals surface area contributed by atoms with Crippen molar-refractivity contribution in [1.29, 1.82) is 0 Å². The molecule has 4 aromatic rings. The van der Waals surface area contributed by atoms with Crippen LogP contribution in [0.2, 0.25) is 5.02 Å². The average molecular weight is 441 g/mol. The molecule has 152 valence electrons. The van der Waals surface area contributed by atoms with Crippen LogP contribution in [0.3, 0.4) is 0 Å². The van der Waals surface area contributed by atoms with Gasteiger partial charge in [-0.25, -0.2) is 13.4 Å². The number of pyridine rings is 1. The number of nitrogens with zero attached hydrogens (tertiary/aromatic N) is 3. The minimum Gasteiger partial charge on any atom is -0.324 e. The first-order valence-electron chi connectivity index (χ1n) is 8.92. The first-order chi connectivity index (χ1) is 14.2. The Morgan fingerprint density at radius 1 is 1.07 bits per heavy atom. The fraction of sp³-hybridized carbons (Fsp3) is 0.0952. The van der Waals surface area contributed by atoms with E-state index in [0.29, 0.717) is 27.3 Å². The average Bonchev–Trinajstić information content (AvgIpc) is 2.71. The van der Waals surface area contributed by atoms with Gasteiger partial charge < -0.3 is 5.32 Å². The summed E-state index contributed by atoms with van der Waals surface area (Å²) in [5.74, 6) is 0.252. The lowest BCUT2D eigenvalue weighted by Crippen LogP contribution is -2.20. The van der Waals surface area contributed by atoms with Gasteiger partial charge in [0.15, 0.2) is 9.84 Å². The van der Waals surface area contributed by atoms with E-state index in [1.54, 1.807) is 55.7 Å². The standard InChI is InChI=1S/C21H17ClN4O3S/c1-26-19-14(10-18(20(26)27)13-6-8-15(22)9-7-13)12-23-21(25-19)24-16-4-3-5-17(11-16)30(2,28)29/h3-12H,1-2H3,(H,23,24,25). The molecular weight excluding hydrogens is 424 g/mol. The fourth-order valence-electron chi connectivity index (χ4n) is 3.08. The number of nitrogens with one attached hydrogen (secondary N) is 1. The predicted molar refractivity (Wildman–Crippen MR) is 118 cm³/mol. The smallest absolute Gasteiger partial charge is 0.259 e. The summed E-state index contributed by atoms with van der Waals surface area (Å²) in [6.07, 6.45) is 2.76. The number of aryl methyl sites for hydroxylation is 1. The second-order valence-corrected chi connectivity index (χ2v) is 9.28. The third-order valence-electron chi connectivity index (χ3n) is 4.62. The Kier molecular flexibility index (Phi) is 5.05. The molecule has 0 saturated carbocycles. The van der Waals surface area contributed by atoms with Gasteiger partial charge in [0.05, 0.1) is 4.90 Å². The van der Waals surface area contributed by atoms with Crippen molar-refractivity contribution in [3.63, 3.8) is 0 Å². The molecule has 0 amide bonds. The molecule has 0 aliphatic carbocycles. The lowest BCUT2D eigenvalue weighted by molar-refractivity contribution is 0.602. The van der Waals surface area contributed by atoms with E-state index in [0.717, 1.165) is 11.8 Å². The van der Waals surface area contributed by atoms with Crippen LogP contribution < -0.4 is 10.9 Å². The largest absolute Gasteiger partial charge is 0.324 e. The molecule has 0 aliphatic rings. The molecule has 2 aromatic carbocycles. The second-order valence-electron chi connectivity index (χ2n) is 6.83. The van der Waals surface area contributed by atoms with Crippen LogP contribution in [0.15, 0.2) is 70.5 Å². The molecule has 0 bridgehead atoms. The van der Waals surface area contributed by atoms with Gasteiger partial charge in [-0.3, -0.25) is 9.36 Å². The molecule has 30 heavy (non-hydrogen) atoms. The third kappa shape index (κ3) is 3.92. The Bertz CT molecular complexity index is 1430. The number of sulfone groups is 1. The Balaban J connectivity index is 1.75. The Hall–Kier alpha value is -3.23. The van der Waals surface area contributed by atoms with Gasteiger partial charge in [0.2, 0.25) is 5.95 Å². The summed E-state index contributed by atoms with van der Waals surface area (Å²) in [5.41, 5.74) is 2.05. The van der Waals surface area contributed by atoms with Gasteiger partial charge in [-0.05, 0) is 42.0 Å². The second kappa shape index (κ2) is 7.55. The number of fused-ring (bicyclic) bond motifs is 1. The topological polar surface area (TPSA) is 94.0 Å². The van der Waals surface area contributed by atoms with Crippen LogP contribution in [0, 0.1) is 0 Å². The minimum absolute atomic E-state index is 0.188. The first-order valence-corrected chi connectivity index (χ1v) is 11.2. The highest BCUT2D eigenvalue weighted by Gasteiger charge is 2.12. The van der Waals surface area contributed by atoms with E-state index in [9.17, 15) is 13.2 Å². The molecule has 7 nitrogen and oxygen atoms in total. The van der Waals surface area contributed by atoms with Crippen LogP contribution in [0.4, 0.5) is 11.6 Å². The molecule has 0 saturated heterocycles. The molecule has 9 heteroatoms. The predicted octanol–water partition coefficient (Wildman–Crippen LogP) is 3.80. The summed E-state index contributed by atoms with van der Waals surface area (Å²) in [6, 6.07) is 15.2. The van der Waals surface area contributed by atoms with Gasteiger partial charge in [-0.2, -0.15) is 4.98 Å². The van der Waals surface area contributed by atoms with Crippen molar-refractivity contribution in [2.24, 2.45) is 7.05 Å². The number of hydrogen-bond donors (Lipinski definition) is 1. The maximum Gasteiger partial charge on any atom is 0.259 e. The van der Waals surface area contributed by atoms with E-state index >= 15 is 0 Å². The molecular formula is C21H17ClN4O3S. The summed E-state index contributed by atoms with van der Waals surface area (Å²) in [4.78, 5) is 21.8. The van der Waals surface area contributed by atoms with Crippen molar-refractivity contribution < 1.29 is 8.42 Å². The van der Waals surface area contributed by atoms with E-state index < -0.39 is 9.84 Å². The Labute approximate surface area is 177 Å². The van der Waals surface area contributed by atoms with Crippen molar-refractivity contribution in [2.45, 2.75) is 4.90 Å². The summed E-state index contributed by atoms with van der Waals surface area (Å²) >= 11 is 5.94. The van der Waals surface area contributed by atoms with Gasteiger partial charge in [-0.1, -0.05) is 29.8 Å². The van der Waals surface area contributed by atoms with Crippen LogP contribution >= 0.6 is 11.6 Å². The van der Waals surface area contributed by atoms with Crippen LogP contribution in [-0.4, -0.2) is 29.2 Å². The Morgan fingerprint density at radius 3 is 2.50 bits per heavy atom. The van der Waals surface area contributed by atoms with Crippen molar-refractivity contribution in [1.82, 2.24) is 14.5 Å². The summed E-state index contributed by atoms with van der Waals surface area (Å²) in [5, 5.41) is 4.28. The van der Waals surface area contributed by atoms with Gasteiger partial charge in [0.1, 0.15) is 5.65 Å². The normalized spacial score (nSPS) is 11.6. The third-order valence-corrected chi connectivity index (χ3v) is 5.98. The van der Waals surface area contributed by atoms with Gasteiger partial charge >= 0.3 is 0 Å². The summed E-state index contributed by atoms with van der Waals surface area (Å²) in [7, 11) is -1.69. The molecule has 1 N–H and O–H groups in total. The molecule has 0 aliphatic heterocycles. The first kappa shape index (κ1) is 20.1. The number of halogens is 1. The van der Waals surface area contributed by atoms with Crippen molar-refractivity contribution in [3.05, 3.63) is 76.2 Å². The van der Waals surface area contributed by atoms with Crippen LogP contribution in [0.25, 0.3) is 22.2 Å². The zero-order chi connectivity index (χ0) is 21.5. The lowest BCUT2D eigenvalue weighted by atomic mass is 10.1. The molecule has 2 heterocycles. The van der Waals surface area contributed by atoms with Crippen molar-refractivity contribution >= 4 is 44.1 Å². The van der Waals surface area contributed by atoms with Crippen molar-refractivity contribution in [2.75, 3.05) is 11.6 Å². The molecule has 0 atom stereocenters. The molecule has 0 fully saturated rings. The zero-order valence-corrected chi connectivity index (χ0v) is 17.7. The number of benzene rings is 2. The van der Waals surface area contributed by atoms with Crippen molar-refractivity contribution in [3.8, 4) is 11.1 Å². The van der Waals surface area contributed by atoms with Crippen LogP contribution in [0.5, 0.6) is 0 Å². The van der Waals surface area contributed by atoms with Gasteiger partial charge in [0, 0.05) is 41.2 Å². The molecule has 0 unspecified atom stereocenters. The Morgan fingerprint density at radius 2 is 1.80 bits per heavy atom. The highest BCUT2D eigenvalue weighted by Crippen LogP contribution is 2.23. The summed E-state index contributed by atoms with van der Waals surface area (Å²) < 4.78 is 25.0. The van der Waals surface area contributed by atoms with Gasteiger partial charge in [0.25, 0.3) is 5.56 Å². The highest BCUT2D eigenvalue weighted by atomic mass is 35.5. The van der Waals surface area contributed by atoms with Crippen LogP contribution in [-0.2, 0) is 16.9 Å². The highest BCUT2D eigenvalue weighted by molar-refractivity contribution is 7.90. The molecule has 2 aromatic heterocycles. The maximum atomic E-state index is 12.9. The van der Waals surface area contributed by atoms with E-state index in [4.69, 9.17) is 11.6 Å². The number of rotatable bonds is 4. The molecule has 0 spiro atoms. The minimum atomic E-state index is -3.33. The SMILES string of the molecule is Cn1c(=O)c(-c2ccc(Cl)cc2)cc2cnc(Nc3cccc(S(C)(=O)=O)c3)nc21. The monoisotopic (exact) mass is 440 g/mol. The quantitative estimate of drug-likeness (QED) is 0.518. The number of aromatic nitrogens is 3. The fourth-order valence-corrected chi connectivity index (χ4v) is 3.87. The summed E-state index contributed by atoms with van der Waals surface area (Å²) in [6.45, 7) is 0.